The standard InChI is InChI=1S/C12H17F2NO2S/c1-9(15-6-7-18(2)16)10-4-3-5-11(8-10)17-12(13)14/h3-5,8-9,12,15H,6-7H2,1-2H3. The van der Waals surface area contributed by atoms with E-state index in [0.29, 0.717) is 12.3 Å². The van der Waals surface area contributed by atoms with E-state index in [9.17, 15) is 13.0 Å². The minimum absolute atomic E-state index is 0.00484. The highest BCUT2D eigenvalue weighted by Gasteiger charge is 2.08. The van der Waals surface area contributed by atoms with Crippen LogP contribution in [-0.2, 0) is 10.8 Å². The van der Waals surface area contributed by atoms with Crippen LogP contribution < -0.4 is 10.1 Å². The van der Waals surface area contributed by atoms with E-state index in [1.807, 2.05) is 13.0 Å². The van der Waals surface area contributed by atoms with Gasteiger partial charge in [-0.3, -0.25) is 4.21 Å². The Bertz CT molecular complexity index is 401. The second kappa shape index (κ2) is 7.43. The van der Waals surface area contributed by atoms with Crippen molar-refractivity contribution in [1.82, 2.24) is 5.32 Å². The van der Waals surface area contributed by atoms with Crippen molar-refractivity contribution in [1.29, 1.82) is 0 Å². The van der Waals surface area contributed by atoms with E-state index in [1.54, 1.807) is 18.4 Å². The molecule has 0 aliphatic heterocycles. The molecule has 0 bridgehead atoms. The van der Waals surface area contributed by atoms with Crippen molar-refractivity contribution in [2.75, 3.05) is 18.6 Å². The summed E-state index contributed by atoms with van der Waals surface area (Å²) in [6.45, 7) is -0.282. The van der Waals surface area contributed by atoms with Crippen LogP contribution >= 0.6 is 0 Å². The monoisotopic (exact) mass is 277 g/mol. The number of benzene rings is 1. The summed E-state index contributed by atoms with van der Waals surface area (Å²) >= 11 is 0. The Labute approximate surface area is 108 Å². The van der Waals surface area contributed by atoms with Gasteiger partial charge in [0, 0.05) is 35.4 Å². The zero-order chi connectivity index (χ0) is 13.5. The summed E-state index contributed by atoms with van der Waals surface area (Å²) in [5, 5.41) is 3.17. The molecule has 2 atom stereocenters. The summed E-state index contributed by atoms with van der Waals surface area (Å²) in [6, 6.07) is 6.56. The third-order valence-electron chi connectivity index (χ3n) is 2.42. The summed E-state index contributed by atoms with van der Waals surface area (Å²) in [5.74, 6) is 0.715. The molecule has 0 saturated heterocycles. The highest BCUT2D eigenvalue weighted by Crippen LogP contribution is 2.20. The van der Waals surface area contributed by atoms with Gasteiger partial charge in [0.05, 0.1) is 0 Å². The van der Waals surface area contributed by atoms with Gasteiger partial charge in [-0.25, -0.2) is 0 Å². The van der Waals surface area contributed by atoms with Crippen LogP contribution in [0.1, 0.15) is 18.5 Å². The molecule has 0 heterocycles. The predicted octanol–water partition coefficient (Wildman–Crippen LogP) is 2.32. The average Bonchev–Trinajstić information content (AvgIpc) is 2.27. The quantitative estimate of drug-likeness (QED) is 0.831. The highest BCUT2D eigenvalue weighted by atomic mass is 32.2. The molecule has 0 fully saturated rings. The lowest BCUT2D eigenvalue weighted by Gasteiger charge is -2.15. The van der Waals surface area contributed by atoms with Crippen molar-refractivity contribution < 1.29 is 17.7 Å². The summed E-state index contributed by atoms with van der Waals surface area (Å²) in [6.07, 6.45) is 1.64. The summed E-state index contributed by atoms with van der Waals surface area (Å²) in [4.78, 5) is 0. The van der Waals surface area contributed by atoms with E-state index < -0.39 is 17.4 Å². The van der Waals surface area contributed by atoms with Crippen LogP contribution in [0.3, 0.4) is 0 Å². The minimum atomic E-state index is -2.81. The Morgan fingerprint density at radius 2 is 2.17 bits per heavy atom. The molecule has 6 heteroatoms. The normalized spacial score (nSPS) is 14.5. The maximum Gasteiger partial charge on any atom is 0.387 e. The average molecular weight is 277 g/mol. The number of hydrogen-bond acceptors (Lipinski definition) is 3. The molecule has 2 unspecified atom stereocenters. The summed E-state index contributed by atoms with van der Waals surface area (Å²) in [5.41, 5.74) is 0.857. The minimum Gasteiger partial charge on any atom is -0.435 e. The smallest absolute Gasteiger partial charge is 0.387 e. The fourth-order valence-corrected chi connectivity index (χ4v) is 1.90. The van der Waals surface area contributed by atoms with E-state index in [-0.39, 0.29) is 11.8 Å². The number of rotatable bonds is 7. The first-order chi connectivity index (χ1) is 8.49. The molecular weight excluding hydrogens is 260 g/mol. The van der Waals surface area contributed by atoms with Crippen molar-refractivity contribution in [3.8, 4) is 5.75 Å². The maximum absolute atomic E-state index is 12.1. The number of nitrogens with one attached hydrogen (secondary N) is 1. The van der Waals surface area contributed by atoms with Gasteiger partial charge in [-0.1, -0.05) is 12.1 Å². The van der Waals surface area contributed by atoms with Gasteiger partial charge in [-0.15, -0.1) is 0 Å². The van der Waals surface area contributed by atoms with Crippen LogP contribution in [0.2, 0.25) is 0 Å². The van der Waals surface area contributed by atoms with Gasteiger partial charge in [-0.2, -0.15) is 8.78 Å². The second-order valence-corrected chi connectivity index (χ2v) is 5.46. The maximum atomic E-state index is 12.1. The molecule has 1 aromatic carbocycles. The van der Waals surface area contributed by atoms with Gasteiger partial charge in [0.2, 0.25) is 0 Å². The van der Waals surface area contributed by atoms with Gasteiger partial charge in [0.25, 0.3) is 0 Å². The van der Waals surface area contributed by atoms with E-state index in [0.717, 1.165) is 5.56 Å². The molecule has 1 aromatic rings. The molecule has 3 nitrogen and oxygen atoms in total. The van der Waals surface area contributed by atoms with Crippen LogP contribution in [-0.4, -0.2) is 29.4 Å². The molecule has 1 rings (SSSR count). The number of ether oxygens (including phenoxy) is 1. The summed E-state index contributed by atoms with van der Waals surface area (Å²) < 4.78 is 39.4. The molecule has 0 radical (unpaired) electrons. The topological polar surface area (TPSA) is 38.3 Å². The van der Waals surface area contributed by atoms with Gasteiger partial charge in [0.15, 0.2) is 0 Å². The Kier molecular flexibility index (Phi) is 6.21. The fourth-order valence-electron chi connectivity index (χ4n) is 1.50. The Morgan fingerprint density at radius 3 is 2.78 bits per heavy atom. The number of hydrogen-bond donors (Lipinski definition) is 1. The molecule has 0 aromatic heterocycles. The van der Waals surface area contributed by atoms with Gasteiger partial charge in [-0.05, 0) is 24.6 Å². The molecule has 0 aliphatic carbocycles. The van der Waals surface area contributed by atoms with E-state index in [4.69, 9.17) is 0 Å². The third-order valence-corrected chi connectivity index (χ3v) is 3.20. The largest absolute Gasteiger partial charge is 0.435 e. The Balaban J connectivity index is 2.56. The zero-order valence-electron chi connectivity index (χ0n) is 10.4. The SMILES string of the molecule is CC(NCCS(C)=O)c1cccc(OC(F)F)c1. The van der Waals surface area contributed by atoms with Crippen LogP contribution in [0.25, 0.3) is 0 Å². The Morgan fingerprint density at radius 1 is 1.44 bits per heavy atom. The molecular formula is C12H17F2NO2S. The van der Waals surface area contributed by atoms with Crippen LogP contribution in [0.5, 0.6) is 5.75 Å². The molecule has 0 spiro atoms. The van der Waals surface area contributed by atoms with Crippen molar-refractivity contribution in [3.63, 3.8) is 0 Å². The van der Waals surface area contributed by atoms with Crippen LogP contribution in [0, 0.1) is 0 Å². The van der Waals surface area contributed by atoms with Crippen molar-refractivity contribution in [2.45, 2.75) is 19.6 Å². The van der Waals surface area contributed by atoms with Gasteiger partial charge < -0.3 is 10.1 Å². The van der Waals surface area contributed by atoms with Gasteiger partial charge in [0.1, 0.15) is 5.75 Å². The molecule has 1 N–H and O–H groups in total. The molecule has 18 heavy (non-hydrogen) atoms. The first kappa shape index (κ1) is 15.0. The molecule has 0 saturated carbocycles. The van der Waals surface area contributed by atoms with E-state index in [1.165, 1.54) is 6.07 Å². The number of alkyl halides is 2. The number of halogens is 2. The van der Waals surface area contributed by atoms with Crippen LogP contribution in [0.15, 0.2) is 24.3 Å². The molecule has 0 amide bonds. The lowest BCUT2D eigenvalue weighted by Crippen LogP contribution is -2.23. The fraction of sp³-hybridized carbons (Fsp3) is 0.500. The van der Waals surface area contributed by atoms with E-state index in [2.05, 4.69) is 10.1 Å². The van der Waals surface area contributed by atoms with Crippen molar-refractivity contribution in [2.24, 2.45) is 0 Å². The lowest BCUT2D eigenvalue weighted by atomic mass is 10.1. The Hall–Kier alpha value is -1.01. The first-order valence-electron chi connectivity index (χ1n) is 5.57. The van der Waals surface area contributed by atoms with Crippen LogP contribution in [0.4, 0.5) is 8.78 Å². The first-order valence-corrected chi connectivity index (χ1v) is 7.30. The van der Waals surface area contributed by atoms with Crippen molar-refractivity contribution in [3.05, 3.63) is 29.8 Å². The second-order valence-electron chi connectivity index (χ2n) is 3.90. The van der Waals surface area contributed by atoms with Gasteiger partial charge >= 0.3 is 6.61 Å². The molecule has 0 aliphatic rings. The van der Waals surface area contributed by atoms with Crippen molar-refractivity contribution >= 4 is 10.8 Å². The third kappa shape index (κ3) is 5.55. The molecule has 102 valence electrons. The predicted molar refractivity (Wildman–Crippen MR) is 68.4 cm³/mol. The van der Waals surface area contributed by atoms with E-state index >= 15 is 0 Å². The summed E-state index contributed by atoms with van der Waals surface area (Å²) in [7, 11) is -0.837. The lowest BCUT2D eigenvalue weighted by molar-refractivity contribution is -0.0499. The highest BCUT2D eigenvalue weighted by molar-refractivity contribution is 7.84. The zero-order valence-corrected chi connectivity index (χ0v) is 11.2.